The number of nitrogens with zero attached hydrogens (tertiary/aromatic N) is 1. The molecule has 2 rings (SSSR count). The second-order valence-electron chi connectivity index (χ2n) is 3.36. The van der Waals surface area contributed by atoms with Crippen molar-refractivity contribution in [1.29, 1.82) is 0 Å². The lowest BCUT2D eigenvalue weighted by molar-refractivity contribution is -0.131. The number of carbonyl (C=O) groups excluding carboxylic acids is 1. The van der Waals surface area contributed by atoms with Crippen LogP contribution < -0.4 is 4.74 Å². The Kier molecular flexibility index (Phi) is 2.40. The minimum absolute atomic E-state index is 0.322. The summed E-state index contributed by atoms with van der Waals surface area (Å²) in [6.45, 7) is 1.38. The van der Waals surface area contributed by atoms with Crippen molar-refractivity contribution in [2.45, 2.75) is 6.92 Å². The van der Waals surface area contributed by atoms with Gasteiger partial charge in [0.25, 0.3) is 0 Å². The summed E-state index contributed by atoms with van der Waals surface area (Å²) >= 11 is 5.88. The van der Waals surface area contributed by atoms with Crippen LogP contribution in [0.3, 0.4) is 0 Å². The molecule has 1 heterocycles. The average Bonchev–Trinajstić information content (AvgIpc) is 2.42. The molecule has 4 heteroatoms. The van der Waals surface area contributed by atoms with E-state index in [-0.39, 0.29) is 5.97 Å². The molecule has 15 heavy (non-hydrogen) atoms. The molecule has 3 nitrogen and oxygen atoms in total. The molecule has 0 bridgehead atoms. The van der Waals surface area contributed by atoms with Crippen LogP contribution in [0.15, 0.2) is 24.4 Å². The normalized spacial score (nSPS) is 10.6. The summed E-state index contributed by atoms with van der Waals surface area (Å²) in [5.41, 5.74) is 0.943. The molecule has 0 unspecified atom stereocenters. The number of aryl methyl sites for hydroxylation is 1. The van der Waals surface area contributed by atoms with Gasteiger partial charge in [-0.3, -0.25) is 4.79 Å². The lowest BCUT2D eigenvalue weighted by Crippen LogP contribution is -2.00. The number of benzene rings is 1. The van der Waals surface area contributed by atoms with Crippen LogP contribution in [0.2, 0.25) is 5.02 Å². The molecular weight excluding hydrogens is 214 g/mol. The van der Waals surface area contributed by atoms with Gasteiger partial charge in [-0.1, -0.05) is 11.6 Å². The SMILES string of the molecule is CC(=O)Oc1cn(C)c2cc(Cl)ccc12. The van der Waals surface area contributed by atoms with Crippen molar-refractivity contribution in [3.05, 3.63) is 29.4 Å². The summed E-state index contributed by atoms with van der Waals surface area (Å²) in [4.78, 5) is 10.9. The van der Waals surface area contributed by atoms with Gasteiger partial charge in [0, 0.05) is 30.6 Å². The van der Waals surface area contributed by atoms with E-state index in [4.69, 9.17) is 16.3 Å². The second kappa shape index (κ2) is 3.59. The minimum atomic E-state index is -0.322. The van der Waals surface area contributed by atoms with E-state index in [9.17, 15) is 4.79 Å². The zero-order valence-electron chi connectivity index (χ0n) is 8.45. The summed E-state index contributed by atoms with van der Waals surface area (Å²) < 4.78 is 6.96. The molecule has 0 aliphatic carbocycles. The van der Waals surface area contributed by atoms with Gasteiger partial charge in [0.2, 0.25) is 0 Å². The molecule has 0 fully saturated rings. The van der Waals surface area contributed by atoms with Gasteiger partial charge in [0.15, 0.2) is 5.75 Å². The zero-order chi connectivity index (χ0) is 11.0. The van der Waals surface area contributed by atoms with E-state index in [0.29, 0.717) is 10.8 Å². The Morgan fingerprint density at radius 2 is 2.20 bits per heavy atom. The van der Waals surface area contributed by atoms with Crippen LogP contribution in [0.25, 0.3) is 10.9 Å². The van der Waals surface area contributed by atoms with Gasteiger partial charge in [-0.2, -0.15) is 0 Å². The first-order valence-electron chi connectivity index (χ1n) is 4.51. The molecule has 0 aliphatic rings. The van der Waals surface area contributed by atoms with E-state index < -0.39 is 0 Å². The Balaban J connectivity index is 2.62. The highest BCUT2D eigenvalue weighted by atomic mass is 35.5. The third-order valence-electron chi connectivity index (χ3n) is 2.17. The Hall–Kier alpha value is -1.48. The van der Waals surface area contributed by atoms with E-state index >= 15 is 0 Å². The summed E-state index contributed by atoms with van der Waals surface area (Å²) in [7, 11) is 1.88. The van der Waals surface area contributed by atoms with Crippen molar-refractivity contribution in [3.63, 3.8) is 0 Å². The molecule has 2 aromatic rings. The van der Waals surface area contributed by atoms with Crippen molar-refractivity contribution in [3.8, 4) is 5.75 Å². The molecule has 78 valence electrons. The lowest BCUT2D eigenvalue weighted by atomic mass is 10.2. The molecule has 1 aromatic heterocycles. The monoisotopic (exact) mass is 223 g/mol. The number of halogens is 1. The van der Waals surface area contributed by atoms with Crippen LogP contribution in [-0.4, -0.2) is 10.5 Å². The number of fused-ring (bicyclic) bond motifs is 1. The second-order valence-corrected chi connectivity index (χ2v) is 3.80. The van der Waals surface area contributed by atoms with Crippen molar-refractivity contribution in [2.24, 2.45) is 7.05 Å². The number of esters is 1. The minimum Gasteiger partial charge on any atom is -0.424 e. The Labute approximate surface area is 92.2 Å². The molecule has 1 aromatic carbocycles. The maximum Gasteiger partial charge on any atom is 0.308 e. The van der Waals surface area contributed by atoms with Crippen molar-refractivity contribution in [1.82, 2.24) is 4.57 Å². The molecule has 0 atom stereocenters. The van der Waals surface area contributed by atoms with Crippen LogP contribution in [0.4, 0.5) is 0 Å². The maximum absolute atomic E-state index is 10.9. The van der Waals surface area contributed by atoms with Crippen molar-refractivity contribution < 1.29 is 9.53 Å². The van der Waals surface area contributed by atoms with E-state index in [0.717, 1.165) is 10.9 Å². The number of hydrogen-bond acceptors (Lipinski definition) is 2. The highest BCUT2D eigenvalue weighted by Crippen LogP contribution is 2.29. The van der Waals surface area contributed by atoms with Crippen LogP contribution in [-0.2, 0) is 11.8 Å². The average molecular weight is 224 g/mol. The highest BCUT2D eigenvalue weighted by molar-refractivity contribution is 6.31. The number of aromatic nitrogens is 1. The number of rotatable bonds is 1. The fourth-order valence-corrected chi connectivity index (χ4v) is 1.72. The smallest absolute Gasteiger partial charge is 0.308 e. The van der Waals surface area contributed by atoms with Gasteiger partial charge in [-0.25, -0.2) is 0 Å². The van der Waals surface area contributed by atoms with Crippen LogP contribution in [0, 0.1) is 0 Å². The Morgan fingerprint density at radius 1 is 1.47 bits per heavy atom. The number of hydrogen-bond donors (Lipinski definition) is 0. The highest BCUT2D eigenvalue weighted by Gasteiger charge is 2.09. The zero-order valence-corrected chi connectivity index (χ0v) is 9.21. The summed E-state index contributed by atoms with van der Waals surface area (Å²) in [5.74, 6) is 0.245. The predicted molar refractivity (Wildman–Crippen MR) is 59.2 cm³/mol. The van der Waals surface area contributed by atoms with E-state index in [2.05, 4.69) is 0 Å². The molecule has 0 N–H and O–H groups in total. The van der Waals surface area contributed by atoms with E-state index in [1.54, 1.807) is 12.3 Å². The van der Waals surface area contributed by atoms with E-state index in [1.807, 2.05) is 23.7 Å². The number of ether oxygens (including phenoxy) is 1. The van der Waals surface area contributed by atoms with Gasteiger partial charge in [0.1, 0.15) is 0 Å². The molecule has 0 aliphatic heterocycles. The largest absolute Gasteiger partial charge is 0.424 e. The van der Waals surface area contributed by atoms with Crippen LogP contribution in [0.1, 0.15) is 6.92 Å². The predicted octanol–water partition coefficient (Wildman–Crippen LogP) is 2.76. The van der Waals surface area contributed by atoms with E-state index in [1.165, 1.54) is 6.92 Å². The van der Waals surface area contributed by atoms with Crippen molar-refractivity contribution >= 4 is 28.5 Å². The standard InChI is InChI=1S/C11H10ClNO2/c1-7(14)15-11-6-13(2)10-5-8(12)3-4-9(10)11/h3-6H,1-2H3. The molecule has 0 amide bonds. The first-order chi connectivity index (χ1) is 7.08. The van der Waals surface area contributed by atoms with Crippen molar-refractivity contribution in [2.75, 3.05) is 0 Å². The third-order valence-corrected chi connectivity index (χ3v) is 2.40. The van der Waals surface area contributed by atoms with Crippen LogP contribution in [0.5, 0.6) is 5.75 Å². The summed E-state index contributed by atoms with van der Waals surface area (Å²) in [6, 6.07) is 5.46. The Morgan fingerprint density at radius 3 is 2.87 bits per heavy atom. The molecule has 0 saturated carbocycles. The first kappa shape index (κ1) is 10.1. The quantitative estimate of drug-likeness (QED) is 0.696. The van der Waals surface area contributed by atoms with Gasteiger partial charge < -0.3 is 9.30 Å². The van der Waals surface area contributed by atoms with Gasteiger partial charge in [-0.05, 0) is 18.2 Å². The lowest BCUT2D eigenvalue weighted by Gasteiger charge is -1.97. The third kappa shape index (κ3) is 1.83. The summed E-state index contributed by atoms with van der Waals surface area (Å²) in [6.07, 6.45) is 1.77. The van der Waals surface area contributed by atoms with Gasteiger partial charge in [0.05, 0.1) is 5.52 Å². The van der Waals surface area contributed by atoms with Crippen LogP contribution >= 0.6 is 11.6 Å². The number of carbonyl (C=O) groups is 1. The topological polar surface area (TPSA) is 31.2 Å². The molecule has 0 saturated heterocycles. The molecule has 0 radical (unpaired) electrons. The maximum atomic E-state index is 10.9. The first-order valence-corrected chi connectivity index (χ1v) is 4.89. The Bertz CT molecular complexity index is 531. The molecular formula is C11H10ClNO2. The fourth-order valence-electron chi connectivity index (χ4n) is 1.56. The van der Waals surface area contributed by atoms with Gasteiger partial charge >= 0.3 is 5.97 Å². The fraction of sp³-hybridized carbons (Fsp3) is 0.182. The summed E-state index contributed by atoms with van der Waals surface area (Å²) in [5, 5.41) is 1.55. The molecule has 0 spiro atoms. The van der Waals surface area contributed by atoms with Gasteiger partial charge in [-0.15, -0.1) is 0 Å².